The van der Waals surface area contributed by atoms with Gasteiger partial charge in [0.05, 0.1) is 19.2 Å². The minimum absolute atomic E-state index is 0.0458. The first-order valence-corrected chi connectivity index (χ1v) is 10.6. The number of hydrogen-bond acceptors (Lipinski definition) is 9. The van der Waals surface area contributed by atoms with E-state index in [0.29, 0.717) is 22.7 Å². The van der Waals surface area contributed by atoms with Gasteiger partial charge in [-0.15, -0.1) is 16.9 Å². The molecule has 11 heteroatoms. The highest BCUT2D eigenvalue weighted by Gasteiger charge is 2.37. The van der Waals surface area contributed by atoms with Crippen LogP contribution in [0.4, 0.5) is 4.79 Å². The summed E-state index contributed by atoms with van der Waals surface area (Å²) in [5.74, 6) is -0.672. The molecule has 0 saturated carbocycles. The van der Waals surface area contributed by atoms with Crippen molar-refractivity contribution in [3.63, 3.8) is 0 Å². The maximum atomic E-state index is 12.7. The lowest BCUT2D eigenvalue weighted by molar-refractivity contribution is 0.0185. The van der Waals surface area contributed by atoms with Crippen molar-refractivity contribution in [1.82, 2.24) is 29.9 Å². The molecule has 1 aliphatic heterocycles. The molecule has 2 aromatic heterocycles. The highest BCUT2D eigenvalue weighted by Crippen LogP contribution is 2.31. The van der Waals surface area contributed by atoms with Gasteiger partial charge in [-0.05, 0) is 46.8 Å². The van der Waals surface area contributed by atoms with E-state index >= 15 is 0 Å². The fraction of sp³-hybridized carbons (Fsp3) is 0.667. The van der Waals surface area contributed by atoms with E-state index in [1.54, 1.807) is 9.58 Å². The molecule has 158 valence electrons. The van der Waals surface area contributed by atoms with Crippen molar-refractivity contribution in [1.29, 1.82) is 0 Å². The third kappa shape index (κ3) is 4.29. The standard InChI is InChI=1S/C18H26N6O4S/c1-10(11-8-7-9-23(11)17(26)28-18(2,3)4)24-14-12(21-22-24)15(29-6)20-13(19-14)16(25)27-5/h10-11H,7-9H2,1-6H3/t10-,11+/m1/s1. The number of nitrogens with zero attached hydrogens (tertiary/aromatic N) is 6. The summed E-state index contributed by atoms with van der Waals surface area (Å²) < 4.78 is 12.0. The first-order chi connectivity index (χ1) is 13.7. The number of amides is 1. The fourth-order valence-electron chi connectivity index (χ4n) is 3.41. The highest BCUT2D eigenvalue weighted by molar-refractivity contribution is 7.98. The van der Waals surface area contributed by atoms with Crippen LogP contribution in [0, 0.1) is 0 Å². The molecular weight excluding hydrogens is 396 g/mol. The van der Waals surface area contributed by atoms with Crippen molar-refractivity contribution in [2.45, 2.75) is 63.2 Å². The van der Waals surface area contributed by atoms with Gasteiger partial charge >= 0.3 is 12.1 Å². The number of likely N-dealkylation sites (tertiary alicyclic amines) is 1. The minimum Gasteiger partial charge on any atom is -0.463 e. The van der Waals surface area contributed by atoms with Crippen LogP contribution in [0.15, 0.2) is 5.03 Å². The maximum Gasteiger partial charge on any atom is 0.410 e. The van der Waals surface area contributed by atoms with Gasteiger partial charge in [-0.2, -0.15) is 0 Å². The second-order valence-corrected chi connectivity index (χ2v) is 8.67. The van der Waals surface area contributed by atoms with E-state index < -0.39 is 11.6 Å². The van der Waals surface area contributed by atoms with Crippen LogP contribution in [-0.4, -0.2) is 73.5 Å². The summed E-state index contributed by atoms with van der Waals surface area (Å²) in [6, 6.07) is -0.339. The molecule has 10 nitrogen and oxygen atoms in total. The number of methoxy groups -OCH3 is 1. The third-order valence-corrected chi connectivity index (χ3v) is 5.39. The number of carbonyl (C=O) groups excluding carboxylic acids is 2. The van der Waals surface area contributed by atoms with Gasteiger partial charge in [-0.3, -0.25) is 0 Å². The highest BCUT2D eigenvalue weighted by atomic mass is 32.2. The predicted octanol–water partition coefficient (Wildman–Crippen LogP) is 2.69. The molecule has 1 fully saturated rings. The van der Waals surface area contributed by atoms with Crippen molar-refractivity contribution >= 4 is 35.0 Å². The topological polar surface area (TPSA) is 112 Å². The molecular formula is C18H26N6O4S. The number of ether oxygens (including phenoxy) is 2. The van der Waals surface area contributed by atoms with E-state index in [1.807, 2.05) is 34.0 Å². The lowest BCUT2D eigenvalue weighted by atomic mass is 10.1. The van der Waals surface area contributed by atoms with Crippen LogP contribution >= 0.6 is 11.8 Å². The molecule has 1 saturated heterocycles. The zero-order valence-corrected chi connectivity index (χ0v) is 18.3. The van der Waals surface area contributed by atoms with E-state index in [-0.39, 0.29) is 24.0 Å². The molecule has 29 heavy (non-hydrogen) atoms. The van der Waals surface area contributed by atoms with Crippen LogP contribution in [0.1, 0.15) is 57.2 Å². The predicted molar refractivity (Wildman–Crippen MR) is 107 cm³/mol. The molecule has 0 radical (unpaired) electrons. The molecule has 2 atom stereocenters. The van der Waals surface area contributed by atoms with Gasteiger partial charge < -0.3 is 14.4 Å². The average molecular weight is 423 g/mol. The molecule has 0 spiro atoms. The average Bonchev–Trinajstić information content (AvgIpc) is 3.31. The Balaban J connectivity index is 1.97. The van der Waals surface area contributed by atoms with Crippen LogP contribution < -0.4 is 0 Å². The SMILES string of the molecule is COC(=O)c1nc(SC)c2nnn([C@H](C)[C@@H]3CCCN3C(=O)OC(C)(C)C)c2n1. The summed E-state index contributed by atoms with van der Waals surface area (Å²) in [6.45, 7) is 8.12. The molecule has 0 N–H and O–H groups in total. The van der Waals surface area contributed by atoms with Gasteiger partial charge in [0.15, 0.2) is 11.2 Å². The van der Waals surface area contributed by atoms with Crippen molar-refractivity contribution < 1.29 is 19.1 Å². The lowest BCUT2D eigenvalue weighted by Gasteiger charge is -2.31. The molecule has 1 aliphatic rings. The maximum absolute atomic E-state index is 12.7. The Morgan fingerprint density at radius 3 is 2.62 bits per heavy atom. The number of rotatable bonds is 4. The van der Waals surface area contributed by atoms with Crippen molar-refractivity contribution in [2.75, 3.05) is 19.9 Å². The zero-order valence-electron chi connectivity index (χ0n) is 17.5. The Morgan fingerprint density at radius 2 is 2.00 bits per heavy atom. The van der Waals surface area contributed by atoms with E-state index in [0.717, 1.165) is 12.8 Å². The van der Waals surface area contributed by atoms with E-state index in [1.165, 1.54) is 18.9 Å². The van der Waals surface area contributed by atoms with Crippen molar-refractivity contribution in [2.24, 2.45) is 0 Å². The first-order valence-electron chi connectivity index (χ1n) is 9.41. The molecule has 0 aliphatic carbocycles. The second kappa shape index (κ2) is 8.13. The number of aromatic nitrogens is 5. The van der Waals surface area contributed by atoms with Gasteiger partial charge in [0.25, 0.3) is 0 Å². The monoisotopic (exact) mass is 422 g/mol. The Bertz CT molecular complexity index is 925. The fourth-order valence-corrected chi connectivity index (χ4v) is 3.91. The summed E-state index contributed by atoms with van der Waals surface area (Å²) >= 11 is 1.35. The first kappa shape index (κ1) is 21.3. The Morgan fingerprint density at radius 1 is 1.28 bits per heavy atom. The van der Waals surface area contributed by atoms with E-state index in [4.69, 9.17) is 9.47 Å². The van der Waals surface area contributed by atoms with Crippen LogP contribution in [0.3, 0.4) is 0 Å². The molecule has 0 bridgehead atoms. The summed E-state index contributed by atoms with van der Waals surface area (Å²) in [6.07, 6.45) is 3.18. The second-order valence-electron chi connectivity index (χ2n) is 7.88. The minimum atomic E-state index is -0.626. The third-order valence-electron chi connectivity index (χ3n) is 4.72. The summed E-state index contributed by atoms with van der Waals surface area (Å²) in [4.78, 5) is 34.9. The molecule has 3 rings (SSSR count). The Labute approximate surface area is 173 Å². The van der Waals surface area contributed by atoms with Gasteiger partial charge in [0.1, 0.15) is 10.6 Å². The smallest absolute Gasteiger partial charge is 0.410 e. The molecule has 1 amide bonds. The van der Waals surface area contributed by atoms with Crippen LogP contribution in [-0.2, 0) is 9.47 Å². The van der Waals surface area contributed by atoms with Crippen LogP contribution in [0.2, 0.25) is 0 Å². The van der Waals surface area contributed by atoms with Gasteiger partial charge in [0, 0.05) is 6.54 Å². The number of carbonyl (C=O) groups is 2. The number of esters is 1. The number of thioether (sulfide) groups is 1. The van der Waals surface area contributed by atoms with Gasteiger partial charge in [-0.25, -0.2) is 24.2 Å². The Hall–Kier alpha value is -2.43. The largest absolute Gasteiger partial charge is 0.463 e. The summed E-state index contributed by atoms with van der Waals surface area (Å²) in [5.41, 5.74) is 0.385. The number of hydrogen-bond donors (Lipinski definition) is 0. The zero-order chi connectivity index (χ0) is 21.3. The van der Waals surface area contributed by atoms with Crippen molar-refractivity contribution in [3.8, 4) is 0 Å². The molecule has 2 aromatic rings. The quantitative estimate of drug-likeness (QED) is 0.417. The summed E-state index contributed by atoms with van der Waals surface area (Å²) in [7, 11) is 1.28. The molecule has 3 heterocycles. The van der Waals surface area contributed by atoms with Crippen LogP contribution in [0.5, 0.6) is 0 Å². The van der Waals surface area contributed by atoms with Crippen LogP contribution in [0.25, 0.3) is 11.2 Å². The van der Waals surface area contributed by atoms with E-state index in [2.05, 4.69) is 20.3 Å². The Kier molecular flexibility index (Phi) is 5.97. The molecule has 0 unspecified atom stereocenters. The normalized spacial score (nSPS) is 18.1. The van der Waals surface area contributed by atoms with Gasteiger partial charge in [0.2, 0.25) is 5.82 Å². The van der Waals surface area contributed by atoms with Gasteiger partial charge in [-0.1, -0.05) is 5.21 Å². The number of fused-ring (bicyclic) bond motifs is 1. The lowest BCUT2D eigenvalue weighted by Crippen LogP contribution is -2.43. The van der Waals surface area contributed by atoms with Crippen molar-refractivity contribution in [3.05, 3.63) is 5.82 Å². The molecule has 0 aromatic carbocycles. The van der Waals surface area contributed by atoms with E-state index in [9.17, 15) is 9.59 Å². The summed E-state index contributed by atoms with van der Waals surface area (Å²) in [5, 5.41) is 9.03.